The Labute approximate surface area is 170 Å². The molecule has 9 heteroatoms. The maximum Gasteiger partial charge on any atom is 0.285 e. The van der Waals surface area contributed by atoms with Crippen LogP contribution in [0.5, 0.6) is 5.75 Å². The maximum absolute atomic E-state index is 12.7. The van der Waals surface area contributed by atoms with E-state index in [1.807, 2.05) is 0 Å². The highest BCUT2D eigenvalue weighted by molar-refractivity contribution is 8.13. The number of hydrogen-bond acceptors (Lipinski definition) is 6. The van der Waals surface area contributed by atoms with Crippen molar-refractivity contribution in [2.24, 2.45) is 0 Å². The molecule has 28 heavy (non-hydrogen) atoms. The van der Waals surface area contributed by atoms with Crippen LogP contribution >= 0.6 is 11.8 Å². The van der Waals surface area contributed by atoms with Gasteiger partial charge in [-0.15, -0.1) is 0 Å². The summed E-state index contributed by atoms with van der Waals surface area (Å²) in [5.41, 5.74) is 1.09. The van der Waals surface area contributed by atoms with Crippen LogP contribution in [0, 0.1) is 6.92 Å². The van der Waals surface area contributed by atoms with Crippen molar-refractivity contribution in [3.63, 3.8) is 0 Å². The Morgan fingerprint density at radius 3 is 2.54 bits per heavy atom. The van der Waals surface area contributed by atoms with Crippen LogP contribution in [0.3, 0.4) is 0 Å². The lowest BCUT2D eigenvalue weighted by Gasteiger charge is -2.13. The Morgan fingerprint density at radius 2 is 1.89 bits per heavy atom. The summed E-state index contributed by atoms with van der Waals surface area (Å²) < 4.78 is 38.5. The van der Waals surface area contributed by atoms with Crippen molar-refractivity contribution in [2.75, 3.05) is 39.1 Å². The lowest BCUT2D eigenvalue weighted by Crippen LogP contribution is -2.16. The first-order valence-electron chi connectivity index (χ1n) is 8.47. The minimum atomic E-state index is -3.77. The lowest BCUT2D eigenvalue weighted by atomic mass is 10.2. The second-order valence-electron chi connectivity index (χ2n) is 6.16. The number of nitrogens with zero attached hydrogens (tertiary/aromatic N) is 1. The van der Waals surface area contributed by atoms with E-state index in [0.29, 0.717) is 35.1 Å². The van der Waals surface area contributed by atoms with Crippen LogP contribution in [0.2, 0.25) is 0 Å². The smallest absolute Gasteiger partial charge is 0.285 e. The Bertz CT molecular complexity index is 930. The van der Waals surface area contributed by atoms with E-state index in [0.717, 1.165) is 11.8 Å². The molecule has 0 radical (unpaired) electrons. The van der Waals surface area contributed by atoms with Crippen molar-refractivity contribution in [2.45, 2.75) is 16.7 Å². The molecule has 152 valence electrons. The molecular weight excluding hydrogens is 400 g/mol. The van der Waals surface area contributed by atoms with Crippen LogP contribution in [0.25, 0.3) is 0 Å². The Morgan fingerprint density at radius 1 is 1.14 bits per heavy atom. The van der Waals surface area contributed by atoms with Crippen molar-refractivity contribution < 1.29 is 22.7 Å². The standard InChI is InChI=1S/C19H24N2O5S2/c1-14-12-17(8-9-18(14)26-11-10-25-4)28(23,24)20-15-6-5-7-16(13-15)27-19(22)21(2)3/h5-9,12-13,20H,10-11H2,1-4H3. The Hall–Kier alpha value is -2.23. The minimum absolute atomic E-state index is 0.131. The number of methoxy groups -OCH3 is 1. The number of benzene rings is 2. The molecule has 2 aromatic carbocycles. The molecule has 0 aliphatic heterocycles. The second kappa shape index (κ2) is 9.81. The van der Waals surface area contributed by atoms with E-state index in [1.165, 1.54) is 11.0 Å². The summed E-state index contributed by atoms with van der Waals surface area (Å²) in [6, 6.07) is 11.4. The fraction of sp³-hybridized carbons (Fsp3) is 0.316. The number of rotatable bonds is 8. The zero-order chi connectivity index (χ0) is 20.7. The number of aryl methyl sites for hydroxylation is 1. The van der Waals surface area contributed by atoms with Crippen LogP contribution in [-0.4, -0.2) is 53.0 Å². The molecule has 1 N–H and O–H groups in total. The van der Waals surface area contributed by atoms with E-state index < -0.39 is 10.0 Å². The third-order valence-corrected chi connectivity index (χ3v) is 6.07. The monoisotopic (exact) mass is 424 g/mol. The Kier molecular flexibility index (Phi) is 7.73. The van der Waals surface area contributed by atoms with E-state index in [1.54, 1.807) is 64.5 Å². The van der Waals surface area contributed by atoms with E-state index >= 15 is 0 Å². The summed E-state index contributed by atoms with van der Waals surface area (Å²) in [7, 11) is 1.13. The van der Waals surface area contributed by atoms with E-state index in [9.17, 15) is 13.2 Å². The van der Waals surface area contributed by atoms with Crippen LogP contribution in [0.15, 0.2) is 52.3 Å². The highest BCUT2D eigenvalue weighted by atomic mass is 32.2. The molecule has 2 aromatic rings. The molecule has 0 saturated heterocycles. The van der Waals surface area contributed by atoms with Gasteiger partial charge >= 0.3 is 0 Å². The van der Waals surface area contributed by atoms with Crippen molar-refractivity contribution in [3.05, 3.63) is 48.0 Å². The number of thioether (sulfide) groups is 1. The SMILES string of the molecule is COCCOc1ccc(S(=O)(=O)Nc2cccc(SC(=O)N(C)C)c2)cc1C. The number of anilines is 1. The highest BCUT2D eigenvalue weighted by Gasteiger charge is 2.16. The number of carbonyl (C=O) groups is 1. The molecule has 0 fully saturated rings. The molecule has 0 spiro atoms. The number of nitrogens with one attached hydrogen (secondary N) is 1. The number of sulfonamides is 1. The fourth-order valence-corrected chi connectivity index (χ4v) is 4.07. The first-order chi connectivity index (χ1) is 13.2. The average molecular weight is 425 g/mol. The number of hydrogen-bond donors (Lipinski definition) is 1. The molecule has 0 unspecified atom stereocenters. The lowest BCUT2D eigenvalue weighted by molar-refractivity contribution is 0.146. The van der Waals surface area contributed by atoms with Gasteiger partial charge in [0.1, 0.15) is 12.4 Å². The first-order valence-corrected chi connectivity index (χ1v) is 10.8. The summed E-state index contributed by atoms with van der Waals surface area (Å²) in [5.74, 6) is 0.608. The third kappa shape index (κ3) is 6.15. The summed E-state index contributed by atoms with van der Waals surface area (Å²) in [6.45, 7) is 2.62. The van der Waals surface area contributed by atoms with Crippen LogP contribution in [-0.2, 0) is 14.8 Å². The predicted molar refractivity (Wildman–Crippen MR) is 111 cm³/mol. The first kappa shape index (κ1) is 22.1. The molecule has 7 nitrogen and oxygen atoms in total. The summed E-state index contributed by atoms with van der Waals surface area (Å²) in [5, 5.41) is -0.139. The Balaban J connectivity index is 2.15. The van der Waals surface area contributed by atoms with Gasteiger partial charge in [-0.25, -0.2) is 8.42 Å². The quantitative estimate of drug-likeness (QED) is 0.515. The van der Waals surface area contributed by atoms with E-state index in [-0.39, 0.29) is 10.1 Å². The summed E-state index contributed by atoms with van der Waals surface area (Å²) in [6.07, 6.45) is 0. The highest BCUT2D eigenvalue weighted by Crippen LogP contribution is 2.26. The molecule has 0 heterocycles. The van der Waals surface area contributed by atoms with Gasteiger partial charge in [0.25, 0.3) is 15.3 Å². The van der Waals surface area contributed by atoms with Crippen LogP contribution in [0.1, 0.15) is 5.56 Å². The zero-order valence-corrected chi connectivity index (χ0v) is 17.9. The molecular formula is C19H24N2O5S2. The molecule has 2 rings (SSSR count). The van der Waals surface area contributed by atoms with Gasteiger partial charge < -0.3 is 14.4 Å². The predicted octanol–water partition coefficient (Wildman–Crippen LogP) is 3.59. The van der Waals surface area contributed by atoms with Gasteiger partial charge in [0.15, 0.2) is 0 Å². The van der Waals surface area contributed by atoms with Gasteiger partial charge in [-0.1, -0.05) is 6.07 Å². The third-order valence-electron chi connectivity index (χ3n) is 3.66. The van der Waals surface area contributed by atoms with E-state index in [4.69, 9.17) is 9.47 Å². The molecule has 0 aromatic heterocycles. The number of amides is 1. The van der Waals surface area contributed by atoms with Crippen LogP contribution in [0.4, 0.5) is 10.5 Å². The van der Waals surface area contributed by atoms with Gasteiger partial charge in [0, 0.05) is 31.8 Å². The van der Waals surface area contributed by atoms with Crippen molar-refractivity contribution in [1.29, 1.82) is 0 Å². The van der Waals surface area contributed by atoms with Crippen molar-refractivity contribution in [3.8, 4) is 5.75 Å². The summed E-state index contributed by atoms with van der Waals surface area (Å²) in [4.78, 5) is 14.1. The molecule has 0 saturated carbocycles. The minimum Gasteiger partial charge on any atom is -0.491 e. The summed E-state index contributed by atoms with van der Waals surface area (Å²) >= 11 is 1.03. The van der Waals surface area contributed by atoms with Gasteiger partial charge in [0.05, 0.1) is 11.5 Å². The molecule has 1 amide bonds. The van der Waals surface area contributed by atoms with Gasteiger partial charge in [0.2, 0.25) is 0 Å². The average Bonchev–Trinajstić information content (AvgIpc) is 2.63. The number of carbonyl (C=O) groups excluding carboxylic acids is 1. The van der Waals surface area contributed by atoms with Gasteiger partial charge in [-0.05, 0) is 60.6 Å². The molecule has 0 atom stereocenters. The largest absolute Gasteiger partial charge is 0.491 e. The molecule has 0 aliphatic rings. The van der Waals surface area contributed by atoms with Crippen molar-refractivity contribution >= 4 is 32.7 Å². The van der Waals surface area contributed by atoms with Gasteiger partial charge in [-0.2, -0.15) is 0 Å². The van der Waals surface area contributed by atoms with Crippen molar-refractivity contribution in [1.82, 2.24) is 4.90 Å². The zero-order valence-electron chi connectivity index (χ0n) is 16.3. The number of ether oxygens (including phenoxy) is 2. The maximum atomic E-state index is 12.7. The van der Waals surface area contributed by atoms with Gasteiger partial charge in [-0.3, -0.25) is 9.52 Å². The molecule has 0 aliphatic carbocycles. The second-order valence-corrected chi connectivity index (χ2v) is 8.87. The normalized spacial score (nSPS) is 11.1. The topological polar surface area (TPSA) is 84.9 Å². The molecule has 0 bridgehead atoms. The van der Waals surface area contributed by atoms with Crippen LogP contribution < -0.4 is 9.46 Å². The van der Waals surface area contributed by atoms with E-state index in [2.05, 4.69) is 4.72 Å². The fourth-order valence-electron chi connectivity index (χ4n) is 2.22.